The van der Waals surface area contributed by atoms with Gasteiger partial charge >= 0.3 is 0 Å². The van der Waals surface area contributed by atoms with E-state index in [1.54, 1.807) is 13.4 Å². The van der Waals surface area contributed by atoms with E-state index >= 15 is 0 Å². The van der Waals surface area contributed by atoms with E-state index in [0.717, 1.165) is 18.5 Å². The van der Waals surface area contributed by atoms with Gasteiger partial charge in [0.2, 0.25) is 5.88 Å². The minimum Gasteiger partial charge on any atom is -0.481 e. The monoisotopic (exact) mass is 207 g/mol. The zero-order valence-corrected chi connectivity index (χ0v) is 9.02. The molecule has 1 saturated carbocycles. The van der Waals surface area contributed by atoms with Gasteiger partial charge in [0, 0.05) is 18.0 Å². The zero-order chi connectivity index (χ0) is 10.7. The summed E-state index contributed by atoms with van der Waals surface area (Å²) in [6.45, 7) is 0. The maximum atomic E-state index is 6.10. The summed E-state index contributed by atoms with van der Waals surface area (Å²) in [5.74, 6) is 0.994. The van der Waals surface area contributed by atoms with Crippen molar-refractivity contribution in [1.29, 1.82) is 0 Å². The summed E-state index contributed by atoms with van der Waals surface area (Å²) >= 11 is 0. The number of aromatic nitrogens is 2. The van der Waals surface area contributed by atoms with Gasteiger partial charge in [0.15, 0.2) is 0 Å². The molecule has 0 spiro atoms. The van der Waals surface area contributed by atoms with Crippen molar-refractivity contribution in [3.63, 3.8) is 0 Å². The highest BCUT2D eigenvalue weighted by Crippen LogP contribution is 2.31. The summed E-state index contributed by atoms with van der Waals surface area (Å²) < 4.78 is 5.09. The van der Waals surface area contributed by atoms with Crippen LogP contribution in [0.2, 0.25) is 0 Å². The van der Waals surface area contributed by atoms with Crippen molar-refractivity contribution in [1.82, 2.24) is 9.97 Å². The standard InChI is InChI=1S/C11H17N3O/c1-15-11-6-10(13-7-14-11)8-4-2-3-5-9(8)12/h6-9H,2-5,12H2,1H3. The molecule has 1 aliphatic carbocycles. The Bertz CT molecular complexity index is 329. The number of hydrogen-bond donors (Lipinski definition) is 1. The second-order valence-corrected chi connectivity index (χ2v) is 4.04. The Kier molecular flexibility index (Phi) is 3.16. The summed E-state index contributed by atoms with van der Waals surface area (Å²) in [4.78, 5) is 8.29. The summed E-state index contributed by atoms with van der Waals surface area (Å²) in [7, 11) is 1.62. The van der Waals surface area contributed by atoms with E-state index in [4.69, 9.17) is 10.5 Å². The van der Waals surface area contributed by atoms with Crippen LogP contribution in [0.25, 0.3) is 0 Å². The van der Waals surface area contributed by atoms with Crippen LogP contribution in [0.3, 0.4) is 0 Å². The molecule has 2 rings (SSSR count). The SMILES string of the molecule is COc1cc(C2CCCCC2N)ncn1. The predicted molar refractivity (Wildman–Crippen MR) is 57.8 cm³/mol. The van der Waals surface area contributed by atoms with Gasteiger partial charge in [-0.1, -0.05) is 12.8 Å². The van der Waals surface area contributed by atoms with Gasteiger partial charge in [0.05, 0.1) is 12.8 Å². The largest absolute Gasteiger partial charge is 0.481 e. The molecule has 1 aliphatic rings. The van der Waals surface area contributed by atoms with Crippen molar-refractivity contribution in [2.45, 2.75) is 37.6 Å². The highest BCUT2D eigenvalue weighted by molar-refractivity contribution is 5.19. The highest BCUT2D eigenvalue weighted by atomic mass is 16.5. The minimum absolute atomic E-state index is 0.235. The maximum Gasteiger partial charge on any atom is 0.216 e. The molecule has 15 heavy (non-hydrogen) atoms. The Balaban J connectivity index is 2.19. The fourth-order valence-electron chi connectivity index (χ4n) is 2.19. The van der Waals surface area contributed by atoms with Gasteiger partial charge in [-0.05, 0) is 12.8 Å². The molecule has 1 aromatic rings. The molecule has 0 aliphatic heterocycles. The molecule has 0 aromatic carbocycles. The second kappa shape index (κ2) is 4.57. The van der Waals surface area contributed by atoms with Crippen LogP contribution in [0, 0.1) is 0 Å². The lowest BCUT2D eigenvalue weighted by Gasteiger charge is -2.27. The number of nitrogens with zero attached hydrogens (tertiary/aromatic N) is 2. The lowest BCUT2D eigenvalue weighted by atomic mass is 9.83. The van der Waals surface area contributed by atoms with Gasteiger partial charge in [-0.3, -0.25) is 0 Å². The number of ether oxygens (including phenoxy) is 1. The van der Waals surface area contributed by atoms with Crippen LogP contribution >= 0.6 is 0 Å². The van der Waals surface area contributed by atoms with E-state index in [1.165, 1.54) is 12.8 Å². The topological polar surface area (TPSA) is 61.0 Å². The summed E-state index contributed by atoms with van der Waals surface area (Å²) in [6, 6.07) is 2.13. The molecule has 2 N–H and O–H groups in total. The molecule has 4 nitrogen and oxygen atoms in total. The average Bonchev–Trinajstić information content (AvgIpc) is 2.30. The number of rotatable bonds is 2. The van der Waals surface area contributed by atoms with Crippen molar-refractivity contribution in [3.05, 3.63) is 18.1 Å². The third-order valence-electron chi connectivity index (χ3n) is 3.07. The van der Waals surface area contributed by atoms with Crippen LogP contribution in [0.1, 0.15) is 37.3 Å². The van der Waals surface area contributed by atoms with Crippen LogP contribution in [-0.4, -0.2) is 23.1 Å². The Morgan fingerprint density at radius 2 is 2.13 bits per heavy atom. The number of nitrogens with two attached hydrogens (primary N) is 1. The van der Waals surface area contributed by atoms with Gasteiger partial charge in [-0.2, -0.15) is 0 Å². The molecule has 1 aromatic heterocycles. The predicted octanol–water partition coefficient (Wildman–Crippen LogP) is 1.47. The first kappa shape index (κ1) is 10.4. The second-order valence-electron chi connectivity index (χ2n) is 4.04. The van der Waals surface area contributed by atoms with Crippen LogP contribution in [0.4, 0.5) is 0 Å². The Labute approximate surface area is 89.9 Å². The number of hydrogen-bond acceptors (Lipinski definition) is 4. The van der Waals surface area contributed by atoms with Crippen LogP contribution in [0.15, 0.2) is 12.4 Å². The molecular weight excluding hydrogens is 190 g/mol. The first-order valence-electron chi connectivity index (χ1n) is 5.43. The average molecular weight is 207 g/mol. The van der Waals surface area contributed by atoms with Gasteiger partial charge in [0.25, 0.3) is 0 Å². The van der Waals surface area contributed by atoms with E-state index in [9.17, 15) is 0 Å². The van der Waals surface area contributed by atoms with Gasteiger partial charge in [-0.25, -0.2) is 9.97 Å². The summed E-state index contributed by atoms with van der Waals surface area (Å²) in [6.07, 6.45) is 6.25. The Morgan fingerprint density at radius 3 is 2.87 bits per heavy atom. The van der Waals surface area contributed by atoms with Crippen LogP contribution in [-0.2, 0) is 0 Å². The fourth-order valence-corrected chi connectivity index (χ4v) is 2.19. The van der Waals surface area contributed by atoms with E-state index < -0.39 is 0 Å². The molecule has 1 fully saturated rings. The Hall–Kier alpha value is -1.16. The first-order chi connectivity index (χ1) is 7.31. The van der Waals surface area contributed by atoms with E-state index in [0.29, 0.717) is 11.8 Å². The molecule has 0 amide bonds. The van der Waals surface area contributed by atoms with Crippen molar-refractivity contribution >= 4 is 0 Å². The Morgan fingerprint density at radius 1 is 1.33 bits per heavy atom. The third-order valence-corrected chi connectivity index (χ3v) is 3.07. The zero-order valence-electron chi connectivity index (χ0n) is 9.02. The molecular formula is C11H17N3O. The first-order valence-corrected chi connectivity index (χ1v) is 5.43. The van der Waals surface area contributed by atoms with Gasteiger partial charge < -0.3 is 10.5 Å². The normalized spacial score (nSPS) is 26.3. The van der Waals surface area contributed by atoms with E-state index in [2.05, 4.69) is 9.97 Å². The van der Waals surface area contributed by atoms with Crippen molar-refractivity contribution in [2.24, 2.45) is 5.73 Å². The lowest BCUT2D eigenvalue weighted by molar-refractivity contribution is 0.370. The highest BCUT2D eigenvalue weighted by Gasteiger charge is 2.24. The lowest BCUT2D eigenvalue weighted by Crippen LogP contribution is -2.31. The minimum atomic E-state index is 0.235. The molecule has 2 atom stereocenters. The number of methoxy groups -OCH3 is 1. The molecule has 0 bridgehead atoms. The fraction of sp³-hybridized carbons (Fsp3) is 0.636. The third kappa shape index (κ3) is 2.26. The van der Waals surface area contributed by atoms with E-state index in [-0.39, 0.29) is 6.04 Å². The van der Waals surface area contributed by atoms with Crippen LogP contribution in [0.5, 0.6) is 5.88 Å². The van der Waals surface area contributed by atoms with Crippen molar-refractivity contribution in [2.75, 3.05) is 7.11 Å². The summed E-state index contributed by atoms with van der Waals surface area (Å²) in [5, 5.41) is 0. The molecule has 1 heterocycles. The molecule has 2 unspecified atom stereocenters. The summed E-state index contributed by atoms with van der Waals surface area (Å²) in [5.41, 5.74) is 7.12. The van der Waals surface area contributed by atoms with Crippen LogP contribution < -0.4 is 10.5 Å². The van der Waals surface area contributed by atoms with Crippen molar-refractivity contribution in [3.8, 4) is 5.88 Å². The molecule has 0 radical (unpaired) electrons. The van der Waals surface area contributed by atoms with Gasteiger partial charge in [-0.15, -0.1) is 0 Å². The maximum absolute atomic E-state index is 6.10. The van der Waals surface area contributed by atoms with Gasteiger partial charge in [0.1, 0.15) is 6.33 Å². The van der Waals surface area contributed by atoms with E-state index in [1.807, 2.05) is 6.07 Å². The molecule has 82 valence electrons. The molecule has 0 saturated heterocycles. The van der Waals surface area contributed by atoms with Crippen molar-refractivity contribution < 1.29 is 4.74 Å². The smallest absolute Gasteiger partial charge is 0.216 e. The molecule has 4 heteroatoms. The quantitative estimate of drug-likeness (QED) is 0.797.